The van der Waals surface area contributed by atoms with Crippen molar-refractivity contribution in [1.82, 2.24) is 29.8 Å². The molecule has 1 aliphatic rings. The maximum Gasteiger partial charge on any atom is 0.276 e. The number of nitrogens with one attached hydrogen (secondary N) is 3. The zero-order valence-electron chi connectivity index (χ0n) is 21.8. The normalized spacial score (nSPS) is 13.3. The molecule has 2 aromatic carbocycles. The molecule has 4 aromatic heterocycles. The highest BCUT2D eigenvalue weighted by Crippen LogP contribution is 2.30. The van der Waals surface area contributed by atoms with Gasteiger partial charge in [-0.2, -0.15) is 0 Å². The van der Waals surface area contributed by atoms with Gasteiger partial charge in [-0.1, -0.05) is 36.4 Å². The summed E-state index contributed by atoms with van der Waals surface area (Å²) in [7, 11) is 0. The number of thiazole rings is 1. The van der Waals surface area contributed by atoms with Crippen molar-refractivity contribution in [1.29, 1.82) is 0 Å². The summed E-state index contributed by atoms with van der Waals surface area (Å²) in [6, 6.07) is 20.7. The number of benzene rings is 2. The molecule has 1 aliphatic heterocycles. The summed E-state index contributed by atoms with van der Waals surface area (Å²) in [6.07, 6.45) is 4.29. The van der Waals surface area contributed by atoms with Crippen LogP contribution >= 0.6 is 11.3 Å². The first-order valence-electron chi connectivity index (χ1n) is 13.2. The number of pyridine rings is 2. The van der Waals surface area contributed by atoms with Crippen molar-refractivity contribution < 1.29 is 9.59 Å². The molecule has 0 radical (unpaired) electrons. The van der Waals surface area contributed by atoms with Gasteiger partial charge in [0.15, 0.2) is 5.13 Å². The second kappa shape index (κ2) is 10.5. The van der Waals surface area contributed by atoms with Crippen molar-refractivity contribution in [3.63, 3.8) is 0 Å². The maximum atomic E-state index is 13.3. The Bertz CT molecular complexity index is 1920. The lowest BCUT2D eigenvalue weighted by Gasteiger charge is -2.25. The fourth-order valence-corrected chi connectivity index (χ4v) is 6.02. The van der Waals surface area contributed by atoms with Crippen molar-refractivity contribution in [2.45, 2.75) is 19.5 Å². The van der Waals surface area contributed by atoms with E-state index in [9.17, 15) is 9.59 Å². The molecule has 0 saturated carbocycles. The molecular formula is C30H24N8O2S. The summed E-state index contributed by atoms with van der Waals surface area (Å²) >= 11 is 1.49. The Labute approximate surface area is 238 Å². The number of H-pyrrole nitrogens is 1. The van der Waals surface area contributed by atoms with Crippen molar-refractivity contribution in [3.8, 4) is 0 Å². The predicted octanol–water partition coefficient (Wildman–Crippen LogP) is 5.03. The highest BCUT2D eigenvalue weighted by Gasteiger charge is 2.23. The van der Waals surface area contributed by atoms with Gasteiger partial charge in [0, 0.05) is 48.7 Å². The molecule has 6 aromatic rings. The van der Waals surface area contributed by atoms with Crippen LogP contribution < -0.4 is 10.6 Å². The van der Waals surface area contributed by atoms with E-state index in [0.717, 1.165) is 53.1 Å². The SMILES string of the molecule is O=C(Nc1nc2c(C(=O)Nc3nc4c(s3)CN(Cc3ccccn3)CC4)cccc2[nH]1)c1cc2ccccc2cn1. The van der Waals surface area contributed by atoms with Gasteiger partial charge in [-0.3, -0.25) is 35.1 Å². The molecule has 5 heterocycles. The Morgan fingerprint density at radius 2 is 1.80 bits per heavy atom. The fourth-order valence-electron chi connectivity index (χ4n) is 4.98. The Morgan fingerprint density at radius 1 is 0.927 bits per heavy atom. The fraction of sp³-hybridized carbons (Fsp3) is 0.133. The van der Waals surface area contributed by atoms with Gasteiger partial charge in [0.1, 0.15) is 11.2 Å². The minimum Gasteiger partial charge on any atom is -0.324 e. The number of carbonyl (C=O) groups excluding carboxylic acids is 2. The number of fused-ring (bicyclic) bond motifs is 3. The van der Waals surface area contributed by atoms with Gasteiger partial charge >= 0.3 is 0 Å². The first kappa shape index (κ1) is 25.0. The van der Waals surface area contributed by atoms with Crippen LogP contribution in [0.1, 0.15) is 37.1 Å². The van der Waals surface area contributed by atoms with Crippen LogP contribution in [0.25, 0.3) is 21.8 Å². The monoisotopic (exact) mass is 560 g/mol. The number of aromatic nitrogens is 5. The third-order valence-electron chi connectivity index (χ3n) is 7.00. The van der Waals surface area contributed by atoms with Crippen LogP contribution in [0.15, 0.2) is 79.1 Å². The van der Waals surface area contributed by atoms with Gasteiger partial charge < -0.3 is 4.98 Å². The lowest BCUT2D eigenvalue weighted by Crippen LogP contribution is -2.29. The van der Waals surface area contributed by atoms with Crippen LogP contribution in [0.2, 0.25) is 0 Å². The van der Waals surface area contributed by atoms with Gasteiger partial charge in [0.05, 0.1) is 22.5 Å². The van der Waals surface area contributed by atoms with Crippen molar-refractivity contribution in [2.24, 2.45) is 0 Å². The second-order valence-corrected chi connectivity index (χ2v) is 10.9. The Balaban J connectivity index is 1.06. The molecule has 3 N–H and O–H groups in total. The molecular weight excluding hydrogens is 536 g/mol. The second-order valence-electron chi connectivity index (χ2n) is 9.78. The molecule has 202 valence electrons. The summed E-state index contributed by atoms with van der Waals surface area (Å²) in [6.45, 7) is 2.43. The van der Waals surface area contributed by atoms with E-state index in [1.807, 2.05) is 48.7 Å². The lowest BCUT2D eigenvalue weighted by molar-refractivity contribution is 0.101. The van der Waals surface area contributed by atoms with Crippen molar-refractivity contribution in [2.75, 3.05) is 17.2 Å². The smallest absolute Gasteiger partial charge is 0.276 e. The maximum absolute atomic E-state index is 13.3. The zero-order chi connectivity index (χ0) is 27.8. The molecule has 0 spiro atoms. The van der Waals surface area contributed by atoms with Crippen LogP contribution in [0.5, 0.6) is 0 Å². The highest BCUT2D eigenvalue weighted by atomic mass is 32.1. The number of carbonyl (C=O) groups is 2. The molecule has 7 rings (SSSR count). The number of rotatable bonds is 6. The zero-order valence-corrected chi connectivity index (χ0v) is 22.6. The first-order valence-corrected chi connectivity index (χ1v) is 14.0. The molecule has 0 bridgehead atoms. The van der Waals surface area contributed by atoms with E-state index in [0.29, 0.717) is 21.7 Å². The standard InChI is InChI=1S/C30H24N8O2S/c39-27(37-30-34-22-11-13-38(17-25(22)41-30)16-20-8-3-4-12-31-20)21-9-5-10-23-26(21)35-29(33-23)36-28(40)24-14-18-6-1-2-7-19(18)15-32-24/h1-10,12,14-15H,11,13,16-17H2,(H,34,37,39)(H2,33,35,36,40). The lowest BCUT2D eigenvalue weighted by atomic mass is 10.1. The molecule has 11 heteroatoms. The minimum atomic E-state index is -0.397. The number of para-hydroxylation sites is 1. The van der Waals surface area contributed by atoms with Crippen LogP contribution in [0, 0.1) is 0 Å². The number of aromatic amines is 1. The number of hydrogen-bond donors (Lipinski definition) is 3. The van der Waals surface area contributed by atoms with Crippen molar-refractivity contribution in [3.05, 3.63) is 107 Å². The third kappa shape index (κ3) is 5.15. The summed E-state index contributed by atoms with van der Waals surface area (Å²) in [4.78, 5) is 50.7. The molecule has 10 nitrogen and oxygen atoms in total. The average Bonchev–Trinajstić information content (AvgIpc) is 3.59. The quantitative estimate of drug-likeness (QED) is 0.261. The van der Waals surface area contributed by atoms with E-state index in [1.54, 1.807) is 30.5 Å². The predicted molar refractivity (Wildman–Crippen MR) is 158 cm³/mol. The van der Waals surface area contributed by atoms with Crippen LogP contribution in [0.3, 0.4) is 0 Å². The molecule has 0 atom stereocenters. The Kier molecular flexibility index (Phi) is 6.42. The Hall–Kier alpha value is -5.00. The van der Waals surface area contributed by atoms with Gasteiger partial charge in [0.2, 0.25) is 5.95 Å². The van der Waals surface area contributed by atoms with E-state index < -0.39 is 5.91 Å². The van der Waals surface area contributed by atoms with E-state index >= 15 is 0 Å². The first-order chi connectivity index (χ1) is 20.1. The van der Waals surface area contributed by atoms with Gasteiger partial charge in [-0.25, -0.2) is 9.97 Å². The van der Waals surface area contributed by atoms with Crippen LogP contribution in [-0.2, 0) is 19.5 Å². The largest absolute Gasteiger partial charge is 0.324 e. The third-order valence-corrected chi connectivity index (χ3v) is 7.99. The van der Waals surface area contributed by atoms with Crippen LogP contribution in [0.4, 0.5) is 11.1 Å². The molecule has 0 aliphatic carbocycles. The number of hydrogen-bond acceptors (Lipinski definition) is 8. The summed E-state index contributed by atoms with van der Waals surface area (Å²) in [5.41, 5.74) is 3.79. The Morgan fingerprint density at radius 3 is 2.68 bits per heavy atom. The number of anilines is 2. The minimum absolute atomic E-state index is 0.234. The summed E-state index contributed by atoms with van der Waals surface area (Å²) < 4.78 is 0. The molecule has 0 fully saturated rings. The van der Waals surface area contributed by atoms with E-state index in [4.69, 9.17) is 0 Å². The van der Waals surface area contributed by atoms with Crippen LogP contribution in [-0.4, -0.2) is 48.2 Å². The topological polar surface area (TPSA) is 129 Å². The van der Waals surface area contributed by atoms with Crippen molar-refractivity contribution >= 4 is 56.0 Å². The number of nitrogens with zero attached hydrogens (tertiary/aromatic N) is 5. The average molecular weight is 561 g/mol. The van der Waals surface area contributed by atoms with Gasteiger partial charge in [-0.15, -0.1) is 11.3 Å². The van der Waals surface area contributed by atoms with Gasteiger partial charge in [-0.05, 0) is 35.7 Å². The molecule has 0 unspecified atom stereocenters. The summed E-state index contributed by atoms with van der Waals surface area (Å²) in [5.74, 6) is -0.475. The molecule has 41 heavy (non-hydrogen) atoms. The number of imidazole rings is 1. The highest BCUT2D eigenvalue weighted by molar-refractivity contribution is 7.15. The summed E-state index contributed by atoms with van der Waals surface area (Å²) in [5, 5.41) is 8.14. The number of amides is 2. The van der Waals surface area contributed by atoms with E-state index in [2.05, 4.69) is 40.5 Å². The van der Waals surface area contributed by atoms with E-state index in [1.165, 1.54) is 11.3 Å². The van der Waals surface area contributed by atoms with Gasteiger partial charge in [0.25, 0.3) is 11.8 Å². The molecule has 2 amide bonds. The molecule has 0 saturated heterocycles. The van der Waals surface area contributed by atoms with E-state index in [-0.39, 0.29) is 17.5 Å².